The Hall–Kier alpha value is -2.64. The molecule has 0 spiro atoms. The number of benzene rings is 2. The third-order valence-corrected chi connectivity index (χ3v) is 4.95. The number of likely N-dealkylation sites (N-methyl/N-ethyl adjacent to an activating group) is 1. The fraction of sp³-hybridized carbons (Fsp3) is 0.250. The van der Waals surface area contributed by atoms with Gasteiger partial charge in [0.2, 0.25) is 5.91 Å². The molecule has 0 aliphatic rings. The van der Waals surface area contributed by atoms with Crippen LogP contribution in [0, 0.1) is 11.7 Å². The molecule has 3 rings (SSSR count). The number of hydrogen-bond donors (Lipinski definition) is 1. The van der Waals surface area contributed by atoms with Crippen LogP contribution in [0.2, 0.25) is 5.02 Å². The van der Waals surface area contributed by atoms with Crippen molar-refractivity contribution in [3.63, 3.8) is 0 Å². The Morgan fingerprint density at radius 2 is 2.11 bits per heavy atom. The van der Waals surface area contributed by atoms with Gasteiger partial charge in [-0.1, -0.05) is 35.4 Å². The molecule has 1 heterocycles. The normalized spacial score (nSPS) is 10.7. The molecule has 0 atom stereocenters. The second-order valence-electron chi connectivity index (χ2n) is 6.51. The van der Waals surface area contributed by atoms with Gasteiger partial charge in [-0.05, 0) is 43.4 Å². The Kier molecular flexibility index (Phi) is 6.16. The molecule has 8 heteroatoms. The van der Waals surface area contributed by atoms with Gasteiger partial charge in [0.05, 0.1) is 7.11 Å². The Balaban J connectivity index is 1.81. The fourth-order valence-corrected chi connectivity index (χ4v) is 3.33. The smallest absolute Gasteiger partial charge is 0.242 e. The van der Waals surface area contributed by atoms with Crippen LogP contribution in [-0.2, 0) is 17.9 Å². The van der Waals surface area contributed by atoms with Gasteiger partial charge in [-0.3, -0.25) is 14.5 Å². The molecule has 0 unspecified atom stereocenters. The summed E-state index contributed by atoms with van der Waals surface area (Å²) in [7, 11) is 3.33. The number of hydrogen-bond acceptors (Lipinski definition) is 4. The first-order valence-electron chi connectivity index (χ1n) is 8.67. The summed E-state index contributed by atoms with van der Waals surface area (Å²) in [4.78, 5) is 14.5. The number of halogens is 1. The van der Waals surface area contributed by atoms with Gasteiger partial charge in [0.15, 0.2) is 10.6 Å². The Morgan fingerprint density at radius 1 is 1.32 bits per heavy atom. The highest BCUT2D eigenvalue weighted by molar-refractivity contribution is 7.71. The highest BCUT2D eigenvalue weighted by atomic mass is 35.5. The third-order valence-electron chi connectivity index (χ3n) is 4.40. The minimum Gasteiger partial charge on any atom is -0.496 e. The summed E-state index contributed by atoms with van der Waals surface area (Å²) in [5.74, 6) is 1.22. The molecule has 1 aromatic heterocycles. The molecular formula is C20H21ClN4O2S. The monoisotopic (exact) mass is 416 g/mol. The SMILES string of the molecule is COc1ccc(Cl)cc1CN(C)C(=O)Cn1c(-c2cccc(C)c2)n[nH]c1=S. The Bertz CT molecular complexity index is 1060. The maximum absolute atomic E-state index is 12.8. The minimum atomic E-state index is -0.103. The van der Waals surface area contributed by atoms with E-state index in [0.29, 0.717) is 27.9 Å². The predicted molar refractivity (Wildman–Crippen MR) is 112 cm³/mol. The second-order valence-corrected chi connectivity index (χ2v) is 7.34. The summed E-state index contributed by atoms with van der Waals surface area (Å²) in [5, 5.41) is 7.68. The molecule has 1 N–H and O–H groups in total. The molecule has 3 aromatic rings. The highest BCUT2D eigenvalue weighted by Gasteiger charge is 2.17. The van der Waals surface area contributed by atoms with Crippen molar-refractivity contribution in [2.45, 2.75) is 20.0 Å². The van der Waals surface area contributed by atoms with Gasteiger partial charge in [-0.15, -0.1) is 0 Å². The zero-order chi connectivity index (χ0) is 20.3. The molecule has 28 heavy (non-hydrogen) atoms. The van der Waals surface area contributed by atoms with Crippen molar-refractivity contribution in [2.75, 3.05) is 14.2 Å². The number of carbonyl (C=O) groups excluding carboxylic acids is 1. The van der Waals surface area contributed by atoms with Gasteiger partial charge in [0.1, 0.15) is 12.3 Å². The molecule has 0 bridgehead atoms. The van der Waals surface area contributed by atoms with E-state index in [-0.39, 0.29) is 12.5 Å². The lowest BCUT2D eigenvalue weighted by Gasteiger charge is -2.20. The van der Waals surface area contributed by atoms with E-state index in [2.05, 4.69) is 10.2 Å². The van der Waals surface area contributed by atoms with E-state index < -0.39 is 0 Å². The summed E-state index contributed by atoms with van der Waals surface area (Å²) in [6.45, 7) is 2.46. The standard InChI is InChI=1S/C20H21ClN4O2S/c1-13-5-4-6-14(9-13)19-22-23-20(28)25(19)12-18(26)24(2)11-15-10-16(21)7-8-17(15)27-3/h4-10H,11-12H2,1-3H3,(H,23,28). The highest BCUT2D eigenvalue weighted by Crippen LogP contribution is 2.24. The first kappa shape index (κ1) is 20.1. The fourth-order valence-electron chi connectivity index (χ4n) is 2.94. The van der Waals surface area contributed by atoms with Crippen LogP contribution in [0.25, 0.3) is 11.4 Å². The lowest BCUT2D eigenvalue weighted by molar-refractivity contribution is -0.131. The number of carbonyl (C=O) groups is 1. The Labute approximate surface area is 173 Å². The number of aromatic amines is 1. The van der Waals surface area contributed by atoms with E-state index in [1.807, 2.05) is 31.2 Å². The molecule has 0 radical (unpaired) electrons. The molecule has 1 amide bonds. The molecule has 6 nitrogen and oxygen atoms in total. The van der Waals surface area contributed by atoms with Crippen LogP contribution < -0.4 is 4.74 Å². The second kappa shape index (κ2) is 8.58. The van der Waals surface area contributed by atoms with Crippen molar-refractivity contribution >= 4 is 29.7 Å². The van der Waals surface area contributed by atoms with E-state index in [1.54, 1.807) is 41.8 Å². The van der Waals surface area contributed by atoms with E-state index >= 15 is 0 Å². The largest absolute Gasteiger partial charge is 0.496 e. The van der Waals surface area contributed by atoms with Crippen LogP contribution in [0.5, 0.6) is 5.75 Å². The van der Waals surface area contributed by atoms with Crippen LogP contribution in [0.1, 0.15) is 11.1 Å². The number of nitrogens with zero attached hydrogens (tertiary/aromatic N) is 3. The average molecular weight is 417 g/mol. The molecule has 0 saturated heterocycles. The van der Waals surface area contributed by atoms with Crippen molar-refractivity contribution in [1.82, 2.24) is 19.7 Å². The van der Waals surface area contributed by atoms with Crippen molar-refractivity contribution < 1.29 is 9.53 Å². The minimum absolute atomic E-state index is 0.0813. The number of rotatable bonds is 6. The van der Waals surface area contributed by atoms with Crippen LogP contribution in [0.3, 0.4) is 0 Å². The predicted octanol–water partition coefficient (Wildman–Crippen LogP) is 4.24. The van der Waals surface area contributed by atoms with Gasteiger partial charge < -0.3 is 9.64 Å². The number of ether oxygens (including phenoxy) is 1. The van der Waals surface area contributed by atoms with Crippen molar-refractivity contribution in [1.29, 1.82) is 0 Å². The maximum atomic E-state index is 12.8. The third kappa shape index (κ3) is 4.43. The lowest BCUT2D eigenvalue weighted by atomic mass is 10.1. The van der Waals surface area contributed by atoms with Crippen molar-refractivity contribution in [3.8, 4) is 17.1 Å². The molecular weight excluding hydrogens is 396 g/mol. The topological polar surface area (TPSA) is 63.1 Å². The number of methoxy groups -OCH3 is 1. The number of nitrogens with one attached hydrogen (secondary N) is 1. The van der Waals surface area contributed by atoms with Gasteiger partial charge in [-0.2, -0.15) is 5.10 Å². The van der Waals surface area contributed by atoms with E-state index in [1.165, 1.54) is 0 Å². The van der Waals surface area contributed by atoms with Crippen LogP contribution >= 0.6 is 23.8 Å². The maximum Gasteiger partial charge on any atom is 0.242 e. The number of H-pyrrole nitrogens is 1. The van der Waals surface area contributed by atoms with Crippen molar-refractivity contribution in [2.24, 2.45) is 0 Å². The zero-order valence-electron chi connectivity index (χ0n) is 15.9. The summed E-state index contributed by atoms with van der Waals surface area (Å²) < 4.78 is 7.47. The molecule has 0 aliphatic heterocycles. The van der Waals surface area contributed by atoms with Crippen LogP contribution in [0.15, 0.2) is 42.5 Å². The molecule has 0 fully saturated rings. The number of aryl methyl sites for hydroxylation is 1. The van der Waals surface area contributed by atoms with Crippen LogP contribution in [-0.4, -0.2) is 39.7 Å². The van der Waals surface area contributed by atoms with Gasteiger partial charge in [0.25, 0.3) is 0 Å². The van der Waals surface area contributed by atoms with E-state index in [0.717, 1.165) is 16.7 Å². The summed E-state index contributed by atoms with van der Waals surface area (Å²) in [6, 6.07) is 13.2. The molecule has 0 aliphatic carbocycles. The van der Waals surface area contributed by atoms with Gasteiger partial charge >= 0.3 is 0 Å². The Morgan fingerprint density at radius 3 is 2.82 bits per heavy atom. The summed E-state index contributed by atoms with van der Waals surface area (Å²) in [6.07, 6.45) is 0. The quantitative estimate of drug-likeness (QED) is 0.610. The van der Waals surface area contributed by atoms with Gasteiger partial charge in [0, 0.05) is 29.7 Å². The first-order chi connectivity index (χ1) is 13.4. The number of amides is 1. The van der Waals surface area contributed by atoms with Crippen molar-refractivity contribution in [3.05, 3.63) is 63.4 Å². The van der Waals surface area contributed by atoms with Gasteiger partial charge in [-0.25, -0.2) is 0 Å². The molecule has 0 saturated carbocycles. The lowest BCUT2D eigenvalue weighted by Crippen LogP contribution is -2.30. The molecule has 146 valence electrons. The zero-order valence-corrected chi connectivity index (χ0v) is 17.5. The van der Waals surface area contributed by atoms with E-state index in [9.17, 15) is 4.79 Å². The summed E-state index contributed by atoms with van der Waals surface area (Å²) in [5.41, 5.74) is 2.84. The first-order valence-corrected chi connectivity index (χ1v) is 9.46. The van der Waals surface area contributed by atoms with Crippen LogP contribution in [0.4, 0.5) is 0 Å². The van der Waals surface area contributed by atoms with E-state index in [4.69, 9.17) is 28.6 Å². The summed E-state index contributed by atoms with van der Waals surface area (Å²) >= 11 is 11.4. The number of aromatic nitrogens is 3. The molecule has 2 aromatic carbocycles. The average Bonchev–Trinajstić information content (AvgIpc) is 3.02.